The number of anilines is 3. The molecule has 242 valence electrons. The van der Waals surface area contributed by atoms with E-state index in [9.17, 15) is 18.8 Å². The van der Waals surface area contributed by atoms with Crippen LogP contribution < -0.4 is 14.7 Å². The quantitative estimate of drug-likeness (QED) is 0.316. The lowest BCUT2D eigenvalue weighted by Gasteiger charge is -2.35. The summed E-state index contributed by atoms with van der Waals surface area (Å²) < 4.78 is 46.5. The number of aromatic nitrogens is 2. The monoisotopic (exact) mass is 639 g/mol. The maximum atomic E-state index is 14.8. The molecule has 4 heterocycles. The first-order valence-corrected chi connectivity index (χ1v) is 15.6. The zero-order chi connectivity index (χ0) is 36.1. The van der Waals surface area contributed by atoms with E-state index >= 15 is 0 Å². The Kier molecular flexibility index (Phi) is 6.02. The second-order valence-corrected chi connectivity index (χ2v) is 13.6. The highest BCUT2D eigenvalue weighted by Crippen LogP contribution is 2.61. The smallest absolute Gasteiger partial charge is 0.410 e. The van der Waals surface area contributed by atoms with Gasteiger partial charge in [0.2, 0.25) is 5.82 Å². The van der Waals surface area contributed by atoms with Crippen molar-refractivity contribution in [3.63, 3.8) is 0 Å². The number of likely N-dealkylation sites (N-methyl/N-ethyl adjacent to an activating group) is 1. The van der Waals surface area contributed by atoms with Crippen molar-refractivity contribution < 1.29 is 27.6 Å². The number of carbonyl (C=O) groups is 1. The summed E-state index contributed by atoms with van der Waals surface area (Å²) in [5, 5.41) is 4.97. The lowest BCUT2D eigenvalue weighted by atomic mass is 9.95. The van der Waals surface area contributed by atoms with Gasteiger partial charge >= 0.3 is 6.09 Å². The zero-order valence-corrected chi connectivity index (χ0v) is 27.1. The number of hydrogen-bond donors (Lipinski definition) is 0. The fourth-order valence-corrected chi connectivity index (χ4v) is 7.04. The van der Waals surface area contributed by atoms with Gasteiger partial charge in [-0.05, 0) is 101 Å². The summed E-state index contributed by atoms with van der Waals surface area (Å²) in [4.78, 5) is 44.4. The number of nitrogens with zero attached hydrogens (tertiary/aromatic N) is 6. The minimum Gasteiger partial charge on any atom is -0.444 e. The topological polar surface area (TPSA) is 91.2 Å². The Morgan fingerprint density at radius 2 is 1.77 bits per heavy atom. The zero-order valence-electron chi connectivity index (χ0n) is 30.1. The van der Waals surface area contributed by atoms with E-state index in [1.807, 2.05) is 18.9 Å². The summed E-state index contributed by atoms with van der Waals surface area (Å²) in [5.74, 6) is 4.23. The SMILES string of the molecule is [2H]C([2H])([2H])N1C(=C=O)C2(CC2)c2cc(N3C=CN(c4c5c(nn4-c4cc(C)c(F)c(C)c4)CCN(C(=O)OC(C)(C)C)[C@H]5C)C3=C=O)ccc21. The van der Waals surface area contributed by atoms with E-state index in [0.717, 1.165) is 10.6 Å². The molecule has 0 unspecified atom stereocenters. The van der Waals surface area contributed by atoms with Gasteiger partial charge in [-0.3, -0.25) is 9.80 Å². The van der Waals surface area contributed by atoms with Crippen LogP contribution in [0.25, 0.3) is 5.69 Å². The molecule has 3 aromatic rings. The summed E-state index contributed by atoms with van der Waals surface area (Å²) in [6.45, 7) is 8.43. The lowest BCUT2D eigenvalue weighted by Crippen LogP contribution is -2.42. The van der Waals surface area contributed by atoms with Crippen molar-refractivity contribution in [2.75, 3.05) is 28.2 Å². The van der Waals surface area contributed by atoms with Crippen molar-refractivity contribution in [2.45, 2.75) is 77.9 Å². The van der Waals surface area contributed by atoms with Gasteiger partial charge in [0.15, 0.2) is 5.94 Å². The van der Waals surface area contributed by atoms with E-state index in [4.69, 9.17) is 13.9 Å². The minimum atomic E-state index is -2.58. The van der Waals surface area contributed by atoms with E-state index in [0.29, 0.717) is 70.9 Å². The van der Waals surface area contributed by atoms with Crippen LogP contribution in [0.3, 0.4) is 0 Å². The van der Waals surface area contributed by atoms with Crippen LogP contribution in [0.2, 0.25) is 0 Å². The Labute approximate surface area is 277 Å². The molecule has 0 N–H and O–H groups in total. The number of amides is 1. The van der Waals surface area contributed by atoms with E-state index < -0.39 is 30.1 Å². The van der Waals surface area contributed by atoms with Gasteiger partial charge in [0, 0.05) is 58.8 Å². The Balaban J connectivity index is 1.34. The Morgan fingerprint density at radius 3 is 2.38 bits per heavy atom. The number of halogens is 1. The van der Waals surface area contributed by atoms with E-state index in [1.54, 1.807) is 90.7 Å². The van der Waals surface area contributed by atoms with Gasteiger partial charge in [-0.2, -0.15) is 5.10 Å². The highest BCUT2D eigenvalue weighted by atomic mass is 19.1. The number of aryl methyl sites for hydroxylation is 2. The van der Waals surface area contributed by atoms with Gasteiger partial charge in [0.25, 0.3) is 0 Å². The third kappa shape index (κ3) is 4.60. The molecule has 1 atom stereocenters. The highest BCUT2D eigenvalue weighted by molar-refractivity contribution is 5.85. The molecule has 0 saturated heterocycles. The number of hydrogen-bond acceptors (Lipinski definition) is 8. The van der Waals surface area contributed by atoms with Crippen LogP contribution in [0.15, 0.2) is 54.2 Å². The number of allylic oxidation sites excluding steroid dienone is 1. The van der Waals surface area contributed by atoms with Crippen molar-refractivity contribution in [1.29, 1.82) is 0 Å². The summed E-state index contributed by atoms with van der Waals surface area (Å²) in [5.41, 5.74) is 3.13. The molecule has 1 amide bonds. The van der Waals surface area contributed by atoms with Crippen molar-refractivity contribution in [2.24, 2.45) is 0 Å². The molecule has 10 nitrogen and oxygen atoms in total. The first-order chi connectivity index (χ1) is 23.5. The average Bonchev–Trinajstić information content (AvgIpc) is 3.43. The van der Waals surface area contributed by atoms with Crippen LogP contribution in [0.1, 0.15) is 78.6 Å². The molecule has 0 bridgehead atoms. The van der Waals surface area contributed by atoms with Crippen LogP contribution >= 0.6 is 0 Å². The van der Waals surface area contributed by atoms with E-state index in [1.165, 1.54) is 0 Å². The fourth-order valence-electron chi connectivity index (χ4n) is 7.04. The Morgan fingerprint density at radius 1 is 1.06 bits per heavy atom. The molecule has 7 rings (SSSR count). The molecule has 3 aliphatic heterocycles. The molecule has 1 saturated carbocycles. The molecule has 1 aliphatic carbocycles. The van der Waals surface area contributed by atoms with E-state index in [2.05, 4.69) is 5.94 Å². The fraction of sp³-hybridized carbons (Fsp3) is 0.389. The highest BCUT2D eigenvalue weighted by Gasteiger charge is 2.56. The molecule has 1 aromatic heterocycles. The summed E-state index contributed by atoms with van der Waals surface area (Å²) in [6, 6.07) is 8.02. The lowest BCUT2D eigenvalue weighted by molar-refractivity contribution is 0.0160. The number of fused-ring (bicyclic) bond motifs is 3. The van der Waals surface area contributed by atoms with Gasteiger partial charge in [0.05, 0.1) is 17.4 Å². The summed E-state index contributed by atoms with van der Waals surface area (Å²) in [6.07, 6.45) is 4.54. The van der Waals surface area contributed by atoms with Gasteiger partial charge in [-0.15, -0.1) is 0 Å². The van der Waals surface area contributed by atoms with Crippen LogP contribution in [0.4, 0.5) is 26.4 Å². The second-order valence-electron chi connectivity index (χ2n) is 13.6. The predicted molar refractivity (Wildman–Crippen MR) is 176 cm³/mol. The third-order valence-electron chi connectivity index (χ3n) is 9.42. The van der Waals surface area contributed by atoms with Gasteiger partial charge in [-0.25, -0.2) is 23.5 Å². The summed E-state index contributed by atoms with van der Waals surface area (Å²) in [7, 11) is 0. The van der Waals surface area contributed by atoms with Gasteiger partial charge in [0.1, 0.15) is 28.9 Å². The maximum Gasteiger partial charge on any atom is 0.410 e. The van der Waals surface area contributed by atoms with Crippen molar-refractivity contribution in [1.82, 2.24) is 14.7 Å². The predicted octanol–water partition coefficient (Wildman–Crippen LogP) is 6.15. The first kappa shape index (κ1) is 27.0. The first-order valence-electron chi connectivity index (χ1n) is 17.1. The molecular formula is C36H37FN6O4. The molecule has 4 aliphatic rings. The Hall–Kier alpha value is -5.11. The van der Waals surface area contributed by atoms with Crippen molar-refractivity contribution in [3.8, 4) is 5.69 Å². The third-order valence-corrected chi connectivity index (χ3v) is 9.42. The Bertz CT molecular complexity index is 2080. The van der Waals surface area contributed by atoms with Crippen LogP contribution in [0.5, 0.6) is 0 Å². The molecule has 1 spiro atoms. The molecule has 0 radical (unpaired) electrons. The largest absolute Gasteiger partial charge is 0.444 e. The molecule has 2 aromatic carbocycles. The average molecular weight is 640 g/mol. The van der Waals surface area contributed by atoms with E-state index in [-0.39, 0.29) is 17.3 Å². The number of carbonyl (C=O) groups excluding carboxylic acids is 3. The summed E-state index contributed by atoms with van der Waals surface area (Å²) >= 11 is 0. The number of benzene rings is 2. The molecular weight excluding hydrogens is 599 g/mol. The standard InChI is InChI=1S/C36H37FN6O4/c1-21-16-25(17-22(2)32(21)37)43-33(31-23(3)40(13-10-27(31)38-43)34(46)47-35(4,5)6)42-15-14-41(30(42)20-45)24-8-9-28-26(18-24)36(11-12-36)29(19-44)39(28)7/h8-9,14-18,23H,10-13H2,1-7H3/t23-/m0/s1/i7D3. The van der Waals surface area contributed by atoms with Crippen molar-refractivity contribution >= 4 is 35.2 Å². The van der Waals surface area contributed by atoms with Crippen LogP contribution in [-0.4, -0.2) is 51.8 Å². The number of rotatable bonds is 3. The second kappa shape index (κ2) is 10.5. The molecule has 47 heavy (non-hydrogen) atoms. The number of ether oxygens (including phenoxy) is 1. The van der Waals surface area contributed by atoms with Crippen LogP contribution in [-0.2, 0) is 26.2 Å². The van der Waals surface area contributed by atoms with Gasteiger partial charge in [-0.1, -0.05) is 0 Å². The van der Waals surface area contributed by atoms with Crippen molar-refractivity contribution in [3.05, 3.63) is 88.0 Å². The van der Waals surface area contributed by atoms with Crippen LogP contribution in [0, 0.1) is 19.7 Å². The molecule has 1 fully saturated rings. The van der Waals surface area contributed by atoms with Gasteiger partial charge < -0.3 is 14.5 Å². The minimum absolute atomic E-state index is 0.0905. The normalized spacial score (nSPS) is 20.5. The maximum absolute atomic E-state index is 14.8. The molecule has 11 heteroatoms.